The maximum atomic E-state index is 12.5. The van der Waals surface area contributed by atoms with Gasteiger partial charge >= 0.3 is 6.03 Å². The summed E-state index contributed by atoms with van der Waals surface area (Å²) in [4.78, 5) is 25.9. The molecule has 2 rings (SSSR count). The summed E-state index contributed by atoms with van der Waals surface area (Å²) in [5.74, 6) is -0.139. The maximum Gasteiger partial charge on any atom is 0.319 e. The number of nitrogens with zero attached hydrogens (tertiary/aromatic N) is 1. The lowest BCUT2D eigenvalue weighted by Crippen LogP contribution is -2.30. The standard InChI is InChI=1S/C20H24ClN3O3/c1-3-27-14-4-13-22-20(26)23-17-9-11-18(12-10-17)24(2)19(25)15-5-7-16(21)8-6-15/h5-12H,3-4,13-14H2,1-2H3,(H2,22,23,26). The zero-order chi connectivity index (χ0) is 19.6. The second-order valence-electron chi connectivity index (χ2n) is 5.85. The first-order chi connectivity index (χ1) is 13.0. The Morgan fingerprint density at radius 2 is 1.74 bits per heavy atom. The minimum atomic E-state index is -0.273. The highest BCUT2D eigenvalue weighted by Crippen LogP contribution is 2.19. The molecule has 6 nitrogen and oxygen atoms in total. The van der Waals surface area contributed by atoms with Crippen LogP contribution in [-0.2, 0) is 4.74 Å². The van der Waals surface area contributed by atoms with E-state index in [-0.39, 0.29) is 11.9 Å². The number of carbonyl (C=O) groups is 2. The van der Waals surface area contributed by atoms with Crippen LogP contribution in [-0.4, -0.2) is 38.7 Å². The van der Waals surface area contributed by atoms with Crippen molar-refractivity contribution in [2.75, 3.05) is 37.0 Å². The fraction of sp³-hybridized carbons (Fsp3) is 0.300. The predicted molar refractivity (Wildman–Crippen MR) is 109 cm³/mol. The minimum absolute atomic E-state index is 0.139. The monoisotopic (exact) mass is 389 g/mol. The zero-order valence-corrected chi connectivity index (χ0v) is 16.3. The van der Waals surface area contributed by atoms with Gasteiger partial charge in [0.1, 0.15) is 0 Å². The topological polar surface area (TPSA) is 70.7 Å². The number of carbonyl (C=O) groups excluding carboxylic acids is 2. The summed E-state index contributed by atoms with van der Waals surface area (Å²) in [6, 6.07) is 13.5. The van der Waals surface area contributed by atoms with Crippen molar-refractivity contribution in [1.82, 2.24) is 5.32 Å². The number of ether oxygens (including phenoxy) is 1. The van der Waals surface area contributed by atoms with E-state index in [1.165, 1.54) is 0 Å². The Morgan fingerprint density at radius 3 is 2.37 bits per heavy atom. The van der Waals surface area contributed by atoms with Gasteiger partial charge in [0.2, 0.25) is 0 Å². The first-order valence-corrected chi connectivity index (χ1v) is 9.15. The second kappa shape index (κ2) is 10.5. The molecular weight excluding hydrogens is 366 g/mol. The van der Waals surface area contributed by atoms with Crippen LogP contribution in [0.15, 0.2) is 48.5 Å². The summed E-state index contributed by atoms with van der Waals surface area (Å²) < 4.78 is 5.22. The summed E-state index contributed by atoms with van der Waals surface area (Å²) in [6.07, 6.45) is 0.762. The van der Waals surface area contributed by atoms with Gasteiger partial charge in [-0.2, -0.15) is 0 Å². The number of amides is 3. The van der Waals surface area contributed by atoms with Crippen molar-refractivity contribution in [2.45, 2.75) is 13.3 Å². The van der Waals surface area contributed by atoms with Crippen LogP contribution in [0.5, 0.6) is 0 Å². The smallest absolute Gasteiger partial charge is 0.319 e. The Labute approximate surface area is 164 Å². The number of benzene rings is 2. The molecule has 0 saturated carbocycles. The van der Waals surface area contributed by atoms with E-state index in [2.05, 4.69) is 10.6 Å². The van der Waals surface area contributed by atoms with E-state index in [0.29, 0.717) is 36.0 Å². The highest BCUT2D eigenvalue weighted by atomic mass is 35.5. The second-order valence-corrected chi connectivity index (χ2v) is 6.29. The number of hydrogen-bond donors (Lipinski definition) is 2. The lowest BCUT2D eigenvalue weighted by atomic mass is 10.2. The molecule has 3 amide bonds. The Kier molecular flexibility index (Phi) is 8.10. The molecule has 0 bridgehead atoms. The third-order valence-corrected chi connectivity index (χ3v) is 4.12. The Morgan fingerprint density at radius 1 is 1.07 bits per heavy atom. The molecule has 0 atom stereocenters. The lowest BCUT2D eigenvalue weighted by molar-refractivity contribution is 0.0993. The van der Waals surface area contributed by atoms with Crippen LogP contribution in [0.25, 0.3) is 0 Å². The van der Waals surface area contributed by atoms with E-state index in [1.807, 2.05) is 6.92 Å². The molecule has 144 valence electrons. The van der Waals surface area contributed by atoms with Gasteiger partial charge in [-0.25, -0.2) is 4.79 Å². The number of anilines is 2. The number of rotatable bonds is 8. The van der Waals surface area contributed by atoms with Gasteiger partial charge in [0.15, 0.2) is 0 Å². The van der Waals surface area contributed by atoms with E-state index in [1.54, 1.807) is 60.5 Å². The number of hydrogen-bond acceptors (Lipinski definition) is 3. The van der Waals surface area contributed by atoms with Crippen LogP contribution < -0.4 is 15.5 Å². The first-order valence-electron chi connectivity index (χ1n) is 8.77. The van der Waals surface area contributed by atoms with Crippen LogP contribution in [0.1, 0.15) is 23.7 Å². The van der Waals surface area contributed by atoms with E-state index in [0.717, 1.165) is 12.1 Å². The average molecular weight is 390 g/mol. The van der Waals surface area contributed by atoms with Gasteiger partial charge in [-0.15, -0.1) is 0 Å². The molecule has 0 aliphatic heterocycles. The quantitative estimate of drug-likeness (QED) is 0.666. The predicted octanol–water partition coefficient (Wildman–Crippen LogP) is 4.16. The molecule has 0 aromatic heterocycles. The van der Waals surface area contributed by atoms with Gasteiger partial charge in [-0.1, -0.05) is 11.6 Å². The molecule has 0 saturated heterocycles. The highest BCUT2D eigenvalue weighted by Gasteiger charge is 2.13. The molecule has 0 spiro atoms. The number of urea groups is 1. The normalized spacial score (nSPS) is 10.3. The van der Waals surface area contributed by atoms with E-state index >= 15 is 0 Å². The largest absolute Gasteiger partial charge is 0.382 e. The summed E-state index contributed by atoms with van der Waals surface area (Å²) in [7, 11) is 1.70. The maximum absolute atomic E-state index is 12.5. The highest BCUT2D eigenvalue weighted by molar-refractivity contribution is 6.30. The summed E-state index contributed by atoms with van der Waals surface area (Å²) in [5.41, 5.74) is 1.92. The average Bonchev–Trinajstić information content (AvgIpc) is 2.68. The third kappa shape index (κ3) is 6.58. The van der Waals surface area contributed by atoms with Gasteiger partial charge in [0.25, 0.3) is 5.91 Å². The van der Waals surface area contributed by atoms with E-state index in [4.69, 9.17) is 16.3 Å². The molecule has 0 aliphatic rings. The molecule has 0 aliphatic carbocycles. The van der Waals surface area contributed by atoms with Gasteiger partial charge in [0.05, 0.1) is 0 Å². The molecular formula is C20H24ClN3O3. The van der Waals surface area contributed by atoms with Crippen molar-refractivity contribution >= 4 is 34.9 Å². The summed E-state index contributed by atoms with van der Waals surface area (Å²) >= 11 is 5.86. The lowest BCUT2D eigenvalue weighted by Gasteiger charge is -2.18. The van der Waals surface area contributed by atoms with Gasteiger partial charge in [-0.05, 0) is 61.9 Å². The van der Waals surface area contributed by atoms with E-state index < -0.39 is 0 Å². The van der Waals surface area contributed by atoms with E-state index in [9.17, 15) is 9.59 Å². The molecule has 0 heterocycles. The molecule has 2 N–H and O–H groups in total. The van der Waals surface area contributed by atoms with Crippen molar-refractivity contribution in [1.29, 1.82) is 0 Å². The molecule has 2 aromatic rings. The van der Waals surface area contributed by atoms with Gasteiger partial charge in [0, 0.05) is 48.8 Å². The van der Waals surface area contributed by atoms with Crippen LogP contribution >= 0.6 is 11.6 Å². The molecule has 0 radical (unpaired) electrons. The summed E-state index contributed by atoms with van der Waals surface area (Å²) in [6.45, 7) is 3.78. The fourth-order valence-corrected chi connectivity index (χ4v) is 2.49. The molecule has 0 fully saturated rings. The SMILES string of the molecule is CCOCCCNC(=O)Nc1ccc(N(C)C(=O)c2ccc(Cl)cc2)cc1. The minimum Gasteiger partial charge on any atom is -0.382 e. The summed E-state index contributed by atoms with van der Waals surface area (Å²) in [5, 5.41) is 6.11. The van der Waals surface area contributed by atoms with Crippen molar-refractivity contribution in [3.63, 3.8) is 0 Å². The van der Waals surface area contributed by atoms with Crippen molar-refractivity contribution in [3.05, 3.63) is 59.1 Å². The Hall–Kier alpha value is -2.57. The van der Waals surface area contributed by atoms with Crippen LogP contribution in [0, 0.1) is 0 Å². The third-order valence-electron chi connectivity index (χ3n) is 3.86. The van der Waals surface area contributed by atoms with Gasteiger partial charge in [-0.3, -0.25) is 4.79 Å². The van der Waals surface area contributed by atoms with Crippen molar-refractivity contribution < 1.29 is 14.3 Å². The van der Waals surface area contributed by atoms with Crippen LogP contribution in [0.3, 0.4) is 0 Å². The van der Waals surface area contributed by atoms with Crippen LogP contribution in [0.2, 0.25) is 5.02 Å². The number of halogens is 1. The van der Waals surface area contributed by atoms with Crippen molar-refractivity contribution in [2.24, 2.45) is 0 Å². The zero-order valence-electron chi connectivity index (χ0n) is 15.5. The Bertz CT molecular complexity index is 748. The molecule has 7 heteroatoms. The molecule has 0 unspecified atom stereocenters. The first kappa shape index (κ1) is 20.7. The Balaban J connectivity index is 1.87. The molecule has 2 aromatic carbocycles. The fourth-order valence-electron chi connectivity index (χ4n) is 2.37. The van der Waals surface area contributed by atoms with Crippen LogP contribution in [0.4, 0.5) is 16.2 Å². The molecule has 27 heavy (non-hydrogen) atoms. The number of nitrogens with one attached hydrogen (secondary N) is 2. The van der Waals surface area contributed by atoms with Crippen molar-refractivity contribution in [3.8, 4) is 0 Å². The van der Waals surface area contributed by atoms with Gasteiger partial charge < -0.3 is 20.3 Å².